The summed E-state index contributed by atoms with van der Waals surface area (Å²) in [4.78, 5) is 26.2. The number of piperidine rings is 1. The van der Waals surface area contributed by atoms with Gasteiger partial charge in [-0.15, -0.1) is 0 Å². The minimum atomic E-state index is -2.78. The number of benzene rings is 2. The number of likely N-dealkylation sites (tertiary alicyclic amines) is 1. The number of cyclic esters (lactones) is 1. The van der Waals surface area contributed by atoms with Gasteiger partial charge >= 0.3 is 6.09 Å². The van der Waals surface area contributed by atoms with Crippen LogP contribution in [0, 0.1) is 5.82 Å². The monoisotopic (exact) mass is 491 g/mol. The van der Waals surface area contributed by atoms with Crippen LogP contribution in [0.2, 0.25) is 0 Å². The van der Waals surface area contributed by atoms with Gasteiger partial charge < -0.3 is 15.2 Å². The minimum Gasteiger partial charge on any atom is -0.442 e. The first kappa shape index (κ1) is 25.0. The average Bonchev–Trinajstić information content (AvgIpc) is 3.18. The van der Waals surface area contributed by atoms with Crippen molar-refractivity contribution < 1.29 is 32.6 Å². The van der Waals surface area contributed by atoms with Gasteiger partial charge in [0.25, 0.3) is 5.92 Å². The minimum absolute atomic E-state index is 0.152. The molecule has 2 fully saturated rings. The summed E-state index contributed by atoms with van der Waals surface area (Å²) in [7, 11) is 0. The van der Waals surface area contributed by atoms with E-state index < -0.39 is 36.5 Å². The SMILES string of the molecule is CC(=O)NCC1CN(c2ccc(-c3ccc(C(CO)N4CCCC(F)(F)C4)cc3)c(F)c2)C(=O)O1. The van der Waals surface area contributed by atoms with E-state index >= 15 is 4.39 Å². The number of nitrogens with zero attached hydrogens (tertiary/aromatic N) is 2. The maximum absolute atomic E-state index is 15.0. The quantitative estimate of drug-likeness (QED) is 0.617. The fourth-order valence-corrected chi connectivity index (χ4v) is 4.58. The van der Waals surface area contributed by atoms with Crippen molar-refractivity contribution in [1.82, 2.24) is 10.2 Å². The number of alkyl halides is 2. The number of ether oxygens (including phenoxy) is 1. The van der Waals surface area contributed by atoms with E-state index in [0.717, 1.165) is 0 Å². The second kappa shape index (κ2) is 10.2. The molecule has 2 aromatic rings. The Balaban J connectivity index is 1.47. The number of carbonyl (C=O) groups excluding carboxylic acids is 2. The van der Waals surface area contributed by atoms with Crippen molar-refractivity contribution in [2.75, 3.05) is 37.7 Å². The van der Waals surface area contributed by atoms with E-state index in [-0.39, 0.29) is 32.0 Å². The number of hydrogen-bond acceptors (Lipinski definition) is 5. The molecule has 188 valence electrons. The standard InChI is InChI=1S/C25H28F3N3O4/c1-16(33)29-12-20-13-31(24(34)35-20)19-7-8-21(22(26)11-19)17-3-5-18(6-4-17)23(14-32)30-10-2-9-25(27,28)15-30/h3-8,11,20,23,32H,2,9-10,12-15H2,1H3,(H,29,33). The molecule has 2 N–H and O–H groups in total. The molecule has 2 unspecified atom stereocenters. The summed E-state index contributed by atoms with van der Waals surface area (Å²) in [6, 6.07) is 10.6. The summed E-state index contributed by atoms with van der Waals surface area (Å²) in [6.07, 6.45) is -0.935. The smallest absolute Gasteiger partial charge is 0.414 e. The van der Waals surface area contributed by atoms with Crippen LogP contribution >= 0.6 is 0 Å². The van der Waals surface area contributed by atoms with Crippen molar-refractivity contribution in [3.63, 3.8) is 0 Å². The van der Waals surface area contributed by atoms with Crippen LogP contribution in [0.1, 0.15) is 31.4 Å². The fraction of sp³-hybridized carbons (Fsp3) is 0.440. The van der Waals surface area contributed by atoms with Crippen molar-refractivity contribution in [1.29, 1.82) is 0 Å². The summed E-state index contributed by atoms with van der Waals surface area (Å²) in [5.41, 5.74) is 1.90. The Morgan fingerprint density at radius 3 is 2.63 bits per heavy atom. The number of rotatable bonds is 7. The van der Waals surface area contributed by atoms with Gasteiger partial charge in [-0.1, -0.05) is 24.3 Å². The molecular weight excluding hydrogens is 463 g/mol. The van der Waals surface area contributed by atoms with E-state index in [2.05, 4.69) is 5.32 Å². The summed E-state index contributed by atoms with van der Waals surface area (Å²) in [6.45, 7) is 1.50. The van der Waals surface area contributed by atoms with E-state index in [0.29, 0.717) is 35.3 Å². The molecule has 2 amide bonds. The fourth-order valence-electron chi connectivity index (χ4n) is 4.58. The Labute approximate surface area is 201 Å². The van der Waals surface area contributed by atoms with E-state index in [1.54, 1.807) is 41.3 Å². The van der Waals surface area contributed by atoms with E-state index in [1.165, 1.54) is 17.9 Å². The van der Waals surface area contributed by atoms with E-state index in [9.17, 15) is 23.5 Å². The molecule has 4 rings (SSSR count). The van der Waals surface area contributed by atoms with E-state index in [4.69, 9.17) is 4.74 Å². The molecule has 0 saturated carbocycles. The largest absolute Gasteiger partial charge is 0.442 e. The van der Waals surface area contributed by atoms with E-state index in [1.807, 2.05) is 0 Å². The average molecular weight is 492 g/mol. The van der Waals surface area contributed by atoms with Crippen LogP contribution in [-0.4, -0.2) is 66.8 Å². The molecule has 7 nitrogen and oxygen atoms in total. The van der Waals surface area contributed by atoms with Crippen LogP contribution in [0.3, 0.4) is 0 Å². The Bertz CT molecular complexity index is 1080. The van der Waals surface area contributed by atoms with Crippen molar-refractivity contribution in [2.24, 2.45) is 0 Å². The number of carbonyl (C=O) groups is 2. The summed E-state index contributed by atoms with van der Waals surface area (Å²) < 4.78 is 47.9. The first-order chi connectivity index (χ1) is 16.7. The molecule has 2 aromatic carbocycles. The Morgan fingerprint density at radius 1 is 1.26 bits per heavy atom. The molecule has 2 heterocycles. The van der Waals surface area contributed by atoms with Crippen LogP contribution in [-0.2, 0) is 9.53 Å². The first-order valence-electron chi connectivity index (χ1n) is 11.5. The molecule has 2 aliphatic rings. The Kier molecular flexibility index (Phi) is 7.32. The topological polar surface area (TPSA) is 82.1 Å². The predicted octanol–water partition coefficient (Wildman–Crippen LogP) is 3.72. The molecule has 35 heavy (non-hydrogen) atoms. The highest BCUT2D eigenvalue weighted by molar-refractivity contribution is 5.90. The zero-order valence-electron chi connectivity index (χ0n) is 19.3. The van der Waals surface area contributed by atoms with Gasteiger partial charge in [0.2, 0.25) is 5.91 Å². The molecule has 0 aliphatic carbocycles. The van der Waals surface area contributed by atoms with Gasteiger partial charge in [0.15, 0.2) is 0 Å². The summed E-state index contributed by atoms with van der Waals surface area (Å²) in [5, 5.41) is 12.4. The van der Waals surface area contributed by atoms with Gasteiger partial charge in [0, 0.05) is 18.9 Å². The number of anilines is 1. The van der Waals surface area contributed by atoms with Gasteiger partial charge in [-0.25, -0.2) is 18.0 Å². The van der Waals surface area contributed by atoms with Crippen LogP contribution in [0.25, 0.3) is 11.1 Å². The maximum Gasteiger partial charge on any atom is 0.414 e. The van der Waals surface area contributed by atoms with Gasteiger partial charge in [-0.2, -0.15) is 0 Å². The van der Waals surface area contributed by atoms with Crippen LogP contribution in [0.15, 0.2) is 42.5 Å². The molecule has 0 bridgehead atoms. The number of aliphatic hydroxyl groups excluding tert-OH is 1. The molecule has 2 aliphatic heterocycles. The van der Waals surface area contributed by atoms with Crippen molar-refractivity contribution in [2.45, 2.75) is 37.8 Å². The third-order valence-electron chi connectivity index (χ3n) is 6.36. The third-order valence-corrected chi connectivity index (χ3v) is 6.36. The normalized spacial score (nSPS) is 21.0. The number of nitrogens with one attached hydrogen (secondary N) is 1. The summed E-state index contributed by atoms with van der Waals surface area (Å²) in [5.74, 6) is -3.55. The highest BCUT2D eigenvalue weighted by Crippen LogP contribution is 2.34. The Hall–Kier alpha value is -3.11. The lowest BCUT2D eigenvalue weighted by Gasteiger charge is -2.37. The van der Waals surface area contributed by atoms with Gasteiger partial charge in [0.1, 0.15) is 11.9 Å². The molecule has 0 aromatic heterocycles. The lowest BCUT2D eigenvalue weighted by Crippen LogP contribution is -2.45. The second-order valence-electron chi connectivity index (χ2n) is 8.97. The molecule has 0 spiro atoms. The molecule has 10 heteroatoms. The zero-order chi connectivity index (χ0) is 25.2. The highest BCUT2D eigenvalue weighted by atomic mass is 19.3. The van der Waals surface area contributed by atoms with Gasteiger partial charge in [-0.3, -0.25) is 14.6 Å². The number of amides is 2. The lowest BCUT2D eigenvalue weighted by atomic mass is 9.97. The van der Waals surface area contributed by atoms with Crippen molar-refractivity contribution in [3.8, 4) is 11.1 Å². The molecular formula is C25H28F3N3O4. The second-order valence-corrected chi connectivity index (χ2v) is 8.97. The van der Waals surface area contributed by atoms with Crippen LogP contribution < -0.4 is 10.2 Å². The molecule has 2 saturated heterocycles. The van der Waals surface area contributed by atoms with Crippen LogP contribution in [0.5, 0.6) is 0 Å². The number of halogens is 3. The van der Waals surface area contributed by atoms with Crippen molar-refractivity contribution >= 4 is 17.7 Å². The van der Waals surface area contributed by atoms with Gasteiger partial charge in [0.05, 0.1) is 38.0 Å². The van der Waals surface area contributed by atoms with Gasteiger partial charge in [-0.05, 0) is 42.3 Å². The number of aliphatic hydroxyl groups is 1. The highest BCUT2D eigenvalue weighted by Gasteiger charge is 2.38. The Morgan fingerprint density at radius 2 is 2.00 bits per heavy atom. The van der Waals surface area contributed by atoms with Crippen LogP contribution in [0.4, 0.5) is 23.7 Å². The van der Waals surface area contributed by atoms with Crippen molar-refractivity contribution in [3.05, 3.63) is 53.8 Å². The first-order valence-corrected chi connectivity index (χ1v) is 11.5. The predicted molar refractivity (Wildman–Crippen MR) is 124 cm³/mol. The molecule has 2 atom stereocenters. The maximum atomic E-state index is 15.0. The zero-order valence-corrected chi connectivity index (χ0v) is 19.3. The lowest BCUT2D eigenvalue weighted by molar-refractivity contribution is -0.119. The molecule has 0 radical (unpaired) electrons. The third kappa shape index (κ3) is 5.76. The number of hydrogen-bond donors (Lipinski definition) is 2. The summed E-state index contributed by atoms with van der Waals surface area (Å²) >= 11 is 0.